The van der Waals surface area contributed by atoms with Crippen LogP contribution in [0, 0.1) is 17.3 Å². The van der Waals surface area contributed by atoms with E-state index in [0.29, 0.717) is 11.3 Å². The molecule has 1 aromatic rings. The van der Waals surface area contributed by atoms with Crippen LogP contribution in [0.15, 0.2) is 24.3 Å². The van der Waals surface area contributed by atoms with Crippen LogP contribution in [0.1, 0.15) is 31.1 Å². The average Bonchev–Trinajstić information content (AvgIpc) is 2.41. The quantitative estimate of drug-likeness (QED) is 0.820. The molecule has 0 unspecified atom stereocenters. The standard InChI is InChI=1S/C16H20N2O3/c1-16(2,3)15(20)18-10-6-7-11-21-13-9-5-4-8-12(13)14(17)19/h4-5,8-9H,10-11H2,1-3H3,(H2,17,19)(H,18,20). The van der Waals surface area contributed by atoms with Gasteiger partial charge in [0.15, 0.2) is 0 Å². The molecule has 0 aliphatic rings. The highest BCUT2D eigenvalue weighted by Gasteiger charge is 2.19. The van der Waals surface area contributed by atoms with E-state index in [2.05, 4.69) is 17.2 Å². The van der Waals surface area contributed by atoms with E-state index < -0.39 is 11.3 Å². The summed E-state index contributed by atoms with van der Waals surface area (Å²) in [6.07, 6.45) is 0. The van der Waals surface area contributed by atoms with Crippen LogP contribution < -0.4 is 15.8 Å². The van der Waals surface area contributed by atoms with E-state index >= 15 is 0 Å². The first-order chi connectivity index (χ1) is 9.82. The number of benzene rings is 1. The summed E-state index contributed by atoms with van der Waals surface area (Å²) in [7, 11) is 0. The molecule has 112 valence electrons. The van der Waals surface area contributed by atoms with Crippen molar-refractivity contribution in [2.75, 3.05) is 13.2 Å². The molecule has 0 fully saturated rings. The molecule has 3 N–H and O–H groups in total. The number of nitrogens with one attached hydrogen (secondary N) is 1. The minimum atomic E-state index is -0.545. The van der Waals surface area contributed by atoms with Gasteiger partial charge in [-0.15, -0.1) is 0 Å². The molecule has 0 aromatic heterocycles. The zero-order valence-corrected chi connectivity index (χ0v) is 12.5. The number of rotatable bonds is 4. The molecule has 5 nitrogen and oxygen atoms in total. The second-order valence-corrected chi connectivity index (χ2v) is 5.44. The molecule has 0 bridgehead atoms. The molecular weight excluding hydrogens is 268 g/mol. The fourth-order valence-electron chi connectivity index (χ4n) is 1.41. The first-order valence-corrected chi connectivity index (χ1v) is 6.58. The monoisotopic (exact) mass is 288 g/mol. The SMILES string of the molecule is CC(C)(C)C(=O)NCC#CCOc1ccccc1C(N)=O. The van der Waals surface area contributed by atoms with Crippen LogP contribution in [0.2, 0.25) is 0 Å². The smallest absolute Gasteiger partial charge is 0.252 e. The van der Waals surface area contributed by atoms with Crippen LogP contribution in [0.4, 0.5) is 0 Å². The number of carbonyl (C=O) groups excluding carboxylic acids is 2. The van der Waals surface area contributed by atoms with E-state index in [4.69, 9.17) is 10.5 Å². The van der Waals surface area contributed by atoms with E-state index in [1.54, 1.807) is 24.3 Å². The molecule has 0 heterocycles. The first kappa shape index (κ1) is 16.6. The van der Waals surface area contributed by atoms with Crippen molar-refractivity contribution in [2.24, 2.45) is 11.1 Å². The van der Waals surface area contributed by atoms with Crippen molar-refractivity contribution in [2.45, 2.75) is 20.8 Å². The Kier molecular flexibility index (Phi) is 5.79. The maximum atomic E-state index is 11.6. The molecule has 5 heteroatoms. The van der Waals surface area contributed by atoms with Crippen molar-refractivity contribution in [3.8, 4) is 17.6 Å². The molecule has 0 atom stereocenters. The van der Waals surface area contributed by atoms with Gasteiger partial charge in [-0.25, -0.2) is 0 Å². The molecule has 1 rings (SSSR count). The van der Waals surface area contributed by atoms with Gasteiger partial charge in [0.05, 0.1) is 12.1 Å². The topological polar surface area (TPSA) is 81.4 Å². The third-order valence-electron chi connectivity index (χ3n) is 2.60. The molecule has 0 saturated heterocycles. The fraction of sp³-hybridized carbons (Fsp3) is 0.375. The van der Waals surface area contributed by atoms with E-state index in [-0.39, 0.29) is 19.1 Å². The Hall–Kier alpha value is -2.48. The van der Waals surface area contributed by atoms with Crippen molar-refractivity contribution in [3.63, 3.8) is 0 Å². The van der Waals surface area contributed by atoms with Gasteiger partial charge < -0.3 is 15.8 Å². The molecule has 2 amide bonds. The van der Waals surface area contributed by atoms with Gasteiger partial charge in [0.1, 0.15) is 12.4 Å². The molecule has 0 radical (unpaired) electrons. The zero-order valence-electron chi connectivity index (χ0n) is 12.5. The average molecular weight is 288 g/mol. The first-order valence-electron chi connectivity index (χ1n) is 6.58. The highest BCUT2D eigenvalue weighted by molar-refractivity contribution is 5.95. The summed E-state index contributed by atoms with van der Waals surface area (Å²) in [5, 5.41) is 2.71. The second kappa shape index (κ2) is 7.34. The van der Waals surface area contributed by atoms with Gasteiger partial charge >= 0.3 is 0 Å². The summed E-state index contributed by atoms with van der Waals surface area (Å²) in [5.41, 5.74) is 5.13. The van der Waals surface area contributed by atoms with Crippen molar-refractivity contribution >= 4 is 11.8 Å². The highest BCUT2D eigenvalue weighted by Crippen LogP contribution is 2.16. The number of hydrogen-bond acceptors (Lipinski definition) is 3. The van der Waals surface area contributed by atoms with Crippen LogP contribution in [0.5, 0.6) is 5.75 Å². The lowest BCUT2D eigenvalue weighted by Gasteiger charge is -2.16. The lowest BCUT2D eigenvalue weighted by Crippen LogP contribution is -2.34. The van der Waals surface area contributed by atoms with Crippen LogP contribution in [0.3, 0.4) is 0 Å². The summed E-state index contributed by atoms with van der Waals surface area (Å²) in [4.78, 5) is 22.8. The van der Waals surface area contributed by atoms with E-state index in [1.807, 2.05) is 20.8 Å². The number of para-hydroxylation sites is 1. The largest absolute Gasteiger partial charge is 0.480 e. The summed E-state index contributed by atoms with van der Waals surface area (Å²) in [6, 6.07) is 6.71. The van der Waals surface area contributed by atoms with E-state index in [1.165, 1.54) is 0 Å². The Morgan fingerprint density at radius 3 is 2.52 bits per heavy atom. The Labute approximate surface area is 124 Å². The van der Waals surface area contributed by atoms with Crippen molar-refractivity contribution in [1.82, 2.24) is 5.32 Å². The van der Waals surface area contributed by atoms with Gasteiger partial charge in [-0.05, 0) is 12.1 Å². The Balaban J connectivity index is 2.44. The maximum Gasteiger partial charge on any atom is 0.252 e. The third-order valence-corrected chi connectivity index (χ3v) is 2.60. The van der Waals surface area contributed by atoms with Gasteiger partial charge in [0.2, 0.25) is 5.91 Å². The Morgan fingerprint density at radius 2 is 1.90 bits per heavy atom. The highest BCUT2D eigenvalue weighted by atomic mass is 16.5. The van der Waals surface area contributed by atoms with Crippen LogP contribution >= 0.6 is 0 Å². The number of amides is 2. The van der Waals surface area contributed by atoms with Crippen molar-refractivity contribution in [1.29, 1.82) is 0 Å². The minimum Gasteiger partial charge on any atom is -0.480 e. The van der Waals surface area contributed by atoms with E-state index in [9.17, 15) is 9.59 Å². The second-order valence-electron chi connectivity index (χ2n) is 5.44. The Bertz CT molecular complexity index is 577. The minimum absolute atomic E-state index is 0.0585. The zero-order chi connectivity index (χ0) is 15.9. The number of nitrogens with two attached hydrogens (primary N) is 1. The van der Waals surface area contributed by atoms with Gasteiger partial charge in [-0.3, -0.25) is 9.59 Å². The van der Waals surface area contributed by atoms with Gasteiger partial charge in [0.25, 0.3) is 5.91 Å². The normalized spacial score (nSPS) is 10.2. The van der Waals surface area contributed by atoms with Crippen LogP contribution in [0.25, 0.3) is 0 Å². The van der Waals surface area contributed by atoms with E-state index in [0.717, 1.165) is 0 Å². The third kappa shape index (κ3) is 5.57. The summed E-state index contributed by atoms with van der Waals surface area (Å²) in [6.45, 7) is 5.88. The lowest BCUT2D eigenvalue weighted by atomic mass is 9.96. The number of primary amides is 1. The molecule has 21 heavy (non-hydrogen) atoms. The predicted molar refractivity (Wildman–Crippen MR) is 80.7 cm³/mol. The maximum absolute atomic E-state index is 11.6. The van der Waals surface area contributed by atoms with Gasteiger partial charge in [-0.1, -0.05) is 44.7 Å². The van der Waals surface area contributed by atoms with Crippen molar-refractivity contribution in [3.05, 3.63) is 29.8 Å². The molecular formula is C16H20N2O3. The summed E-state index contributed by atoms with van der Waals surface area (Å²) >= 11 is 0. The fourth-order valence-corrected chi connectivity index (χ4v) is 1.41. The predicted octanol–water partition coefficient (Wildman–Crippen LogP) is 1.33. The van der Waals surface area contributed by atoms with Gasteiger partial charge in [-0.2, -0.15) is 0 Å². The van der Waals surface area contributed by atoms with Crippen LogP contribution in [-0.2, 0) is 4.79 Å². The number of hydrogen-bond donors (Lipinski definition) is 2. The summed E-state index contributed by atoms with van der Waals surface area (Å²) in [5.74, 6) is 5.35. The van der Waals surface area contributed by atoms with Gasteiger partial charge in [0, 0.05) is 5.41 Å². The van der Waals surface area contributed by atoms with Crippen molar-refractivity contribution < 1.29 is 14.3 Å². The summed E-state index contributed by atoms with van der Waals surface area (Å²) < 4.78 is 5.39. The molecule has 0 spiro atoms. The molecule has 0 aliphatic carbocycles. The molecule has 0 aliphatic heterocycles. The van der Waals surface area contributed by atoms with Crippen LogP contribution in [-0.4, -0.2) is 25.0 Å². The lowest BCUT2D eigenvalue weighted by molar-refractivity contribution is -0.128. The molecule has 1 aromatic carbocycles. The number of ether oxygens (including phenoxy) is 1. The number of carbonyl (C=O) groups is 2. The Morgan fingerprint density at radius 1 is 1.24 bits per heavy atom. The molecule has 0 saturated carbocycles.